The fourth-order valence-electron chi connectivity index (χ4n) is 1.27. The van der Waals surface area contributed by atoms with E-state index in [0.717, 1.165) is 24.1 Å². The molecule has 1 unspecified atom stereocenters. The van der Waals surface area contributed by atoms with Crippen molar-refractivity contribution in [1.82, 2.24) is 0 Å². The third-order valence-electron chi connectivity index (χ3n) is 1.93. The summed E-state index contributed by atoms with van der Waals surface area (Å²) in [5.74, 6) is 0. The molecule has 1 rings (SSSR count). The minimum atomic E-state index is 0.382. The molecule has 0 saturated heterocycles. The molecular formula is C8H12BrNO. The molecule has 1 aliphatic carbocycles. The van der Waals surface area contributed by atoms with Crippen molar-refractivity contribution in [3.8, 4) is 0 Å². The first-order chi connectivity index (χ1) is 5.25. The summed E-state index contributed by atoms with van der Waals surface area (Å²) < 4.78 is 0. The first kappa shape index (κ1) is 8.78. The molecule has 0 spiro atoms. The summed E-state index contributed by atoms with van der Waals surface area (Å²) >= 11 is 3.54. The van der Waals surface area contributed by atoms with E-state index in [9.17, 15) is 0 Å². The summed E-state index contributed by atoms with van der Waals surface area (Å²) in [6.07, 6.45) is 5.60. The molecule has 11 heavy (non-hydrogen) atoms. The SMILES string of the molecule is C/C(=N\O)C1=CCCCC1Br. The van der Waals surface area contributed by atoms with E-state index in [-0.39, 0.29) is 0 Å². The van der Waals surface area contributed by atoms with Gasteiger partial charge < -0.3 is 5.21 Å². The van der Waals surface area contributed by atoms with Crippen molar-refractivity contribution in [3.63, 3.8) is 0 Å². The zero-order valence-corrected chi connectivity index (χ0v) is 8.13. The summed E-state index contributed by atoms with van der Waals surface area (Å²) in [5.41, 5.74) is 1.87. The molecule has 0 radical (unpaired) electrons. The van der Waals surface area contributed by atoms with Crippen LogP contribution in [0.3, 0.4) is 0 Å². The van der Waals surface area contributed by atoms with Crippen LogP contribution in [-0.4, -0.2) is 15.7 Å². The molecule has 0 aromatic carbocycles. The van der Waals surface area contributed by atoms with E-state index in [4.69, 9.17) is 5.21 Å². The van der Waals surface area contributed by atoms with Crippen molar-refractivity contribution in [3.05, 3.63) is 11.6 Å². The minimum Gasteiger partial charge on any atom is -0.411 e. The standard InChI is InChI=1S/C8H12BrNO/c1-6(10-11)7-4-2-3-5-8(7)9/h4,8,11H,2-3,5H2,1H3/b10-6+. The lowest BCUT2D eigenvalue weighted by molar-refractivity contribution is 0.318. The fraction of sp³-hybridized carbons (Fsp3) is 0.625. The van der Waals surface area contributed by atoms with E-state index < -0.39 is 0 Å². The molecule has 0 heterocycles. The number of hydrogen-bond acceptors (Lipinski definition) is 2. The maximum Gasteiger partial charge on any atom is 0.0804 e. The van der Waals surface area contributed by atoms with Crippen molar-refractivity contribution in [1.29, 1.82) is 0 Å². The Bertz CT molecular complexity index is 198. The third-order valence-corrected chi connectivity index (χ3v) is 2.88. The lowest BCUT2D eigenvalue weighted by Gasteiger charge is -2.17. The van der Waals surface area contributed by atoms with Crippen LogP contribution in [0.1, 0.15) is 26.2 Å². The van der Waals surface area contributed by atoms with Gasteiger partial charge in [0.1, 0.15) is 0 Å². The number of hydrogen-bond donors (Lipinski definition) is 1. The highest BCUT2D eigenvalue weighted by molar-refractivity contribution is 9.09. The predicted molar refractivity (Wildman–Crippen MR) is 49.5 cm³/mol. The van der Waals surface area contributed by atoms with Crippen LogP contribution in [0, 0.1) is 0 Å². The highest BCUT2D eigenvalue weighted by Crippen LogP contribution is 2.25. The van der Waals surface area contributed by atoms with Gasteiger partial charge in [-0.15, -0.1) is 0 Å². The highest BCUT2D eigenvalue weighted by Gasteiger charge is 2.16. The summed E-state index contributed by atoms with van der Waals surface area (Å²) in [6, 6.07) is 0. The number of oxime groups is 1. The second-order valence-electron chi connectivity index (χ2n) is 2.74. The number of nitrogens with zero attached hydrogens (tertiary/aromatic N) is 1. The first-order valence-electron chi connectivity index (χ1n) is 3.79. The molecule has 0 aromatic rings. The molecule has 0 fully saturated rings. The maximum atomic E-state index is 8.53. The zero-order valence-electron chi connectivity index (χ0n) is 6.55. The number of allylic oxidation sites excluding steroid dienone is 2. The summed E-state index contributed by atoms with van der Waals surface area (Å²) in [4.78, 5) is 0.382. The Hall–Kier alpha value is -0.310. The predicted octanol–water partition coefficient (Wildman–Crippen LogP) is 2.71. The van der Waals surface area contributed by atoms with Gasteiger partial charge >= 0.3 is 0 Å². The van der Waals surface area contributed by atoms with Crippen molar-refractivity contribution < 1.29 is 5.21 Å². The van der Waals surface area contributed by atoms with Gasteiger partial charge in [-0.05, 0) is 31.8 Å². The molecule has 3 heteroatoms. The van der Waals surface area contributed by atoms with E-state index in [1.807, 2.05) is 6.92 Å². The van der Waals surface area contributed by atoms with Gasteiger partial charge in [0.15, 0.2) is 0 Å². The van der Waals surface area contributed by atoms with E-state index in [2.05, 4.69) is 27.2 Å². The second kappa shape index (κ2) is 3.90. The number of alkyl halides is 1. The normalized spacial score (nSPS) is 26.5. The minimum absolute atomic E-state index is 0.382. The van der Waals surface area contributed by atoms with E-state index >= 15 is 0 Å². The average molecular weight is 218 g/mol. The van der Waals surface area contributed by atoms with Crippen molar-refractivity contribution in [2.75, 3.05) is 0 Å². The van der Waals surface area contributed by atoms with Crippen LogP contribution in [0.2, 0.25) is 0 Å². The van der Waals surface area contributed by atoms with Crippen LogP contribution in [0.25, 0.3) is 0 Å². The van der Waals surface area contributed by atoms with Gasteiger partial charge in [-0.25, -0.2) is 0 Å². The van der Waals surface area contributed by atoms with E-state index in [0.29, 0.717) is 4.83 Å². The van der Waals surface area contributed by atoms with Crippen molar-refractivity contribution in [2.24, 2.45) is 5.16 Å². The number of rotatable bonds is 1. The maximum absolute atomic E-state index is 8.53. The van der Waals surface area contributed by atoms with Crippen molar-refractivity contribution >= 4 is 21.6 Å². The molecule has 0 amide bonds. The molecule has 1 atom stereocenters. The Morgan fingerprint density at radius 2 is 2.55 bits per heavy atom. The van der Waals surface area contributed by atoms with Gasteiger partial charge in [0.05, 0.1) is 5.71 Å². The molecule has 1 aliphatic rings. The monoisotopic (exact) mass is 217 g/mol. The Kier molecular flexibility index (Phi) is 3.12. The molecule has 62 valence electrons. The molecule has 0 saturated carbocycles. The van der Waals surface area contributed by atoms with E-state index in [1.54, 1.807) is 0 Å². The van der Waals surface area contributed by atoms with Crippen LogP contribution in [0.4, 0.5) is 0 Å². The summed E-state index contributed by atoms with van der Waals surface area (Å²) in [6.45, 7) is 1.82. The van der Waals surface area contributed by atoms with E-state index in [1.165, 1.54) is 6.42 Å². The Morgan fingerprint density at radius 3 is 3.09 bits per heavy atom. The van der Waals surface area contributed by atoms with Gasteiger partial charge in [0.2, 0.25) is 0 Å². The zero-order chi connectivity index (χ0) is 8.27. The van der Waals surface area contributed by atoms with Crippen LogP contribution in [0.15, 0.2) is 16.8 Å². The Labute approximate surface area is 75.1 Å². The molecule has 0 bridgehead atoms. The van der Waals surface area contributed by atoms with Gasteiger partial charge in [-0.3, -0.25) is 0 Å². The molecular weight excluding hydrogens is 206 g/mol. The molecule has 2 nitrogen and oxygen atoms in total. The van der Waals surface area contributed by atoms with Crippen LogP contribution >= 0.6 is 15.9 Å². The van der Waals surface area contributed by atoms with Gasteiger partial charge in [-0.2, -0.15) is 0 Å². The first-order valence-corrected chi connectivity index (χ1v) is 4.70. The quantitative estimate of drug-likeness (QED) is 0.312. The largest absolute Gasteiger partial charge is 0.411 e. The van der Waals surface area contributed by atoms with Gasteiger partial charge in [0, 0.05) is 4.83 Å². The molecule has 0 aromatic heterocycles. The number of halogens is 1. The third kappa shape index (κ3) is 2.06. The highest BCUT2D eigenvalue weighted by atomic mass is 79.9. The molecule has 1 N–H and O–H groups in total. The lowest BCUT2D eigenvalue weighted by atomic mass is 9.97. The average Bonchev–Trinajstić information content (AvgIpc) is 2.04. The van der Waals surface area contributed by atoms with Crippen LogP contribution in [0.5, 0.6) is 0 Å². The fourth-order valence-corrected chi connectivity index (χ4v) is 2.11. The Morgan fingerprint density at radius 1 is 1.82 bits per heavy atom. The van der Waals surface area contributed by atoms with Crippen LogP contribution < -0.4 is 0 Å². The van der Waals surface area contributed by atoms with Gasteiger partial charge in [-0.1, -0.05) is 27.2 Å². The second-order valence-corrected chi connectivity index (χ2v) is 3.85. The summed E-state index contributed by atoms with van der Waals surface area (Å²) in [5, 5.41) is 11.7. The molecule has 0 aliphatic heterocycles. The Balaban J connectivity index is 2.75. The van der Waals surface area contributed by atoms with Crippen LogP contribution in [-0.2, 0) is 0 Å². The van der Waals surface area contributed by atoms with Crippen molar-refractivity contribution in [2.45, 2.75) is 31.0 Å². The lowest BCUT2D eigenvalue weighted by Crippen LogP contribution is -2.13. The topological polar surface area (TPSA) is 32.6 Å². The summed E-state index contributed by atoms with van der Waals surface area (Å²) in [7, 11) is 0. The smallest absolute Gasteiger partial charge is 0.0804 e. The van der Waals surface area contributed by atoms with Gasteiger partial charge in [0.25, 0.3) is 0 Å².